The van der Waals surface area contributed by atoms with Crippen molar-refractivity contribution in [3.8, 4) is 0 Å². The van der Waals surface area contributed by atoms with E-state index in [1.165, 1.54) is 19.3 Å². The number of hydrogen-bond acceptors (Lipinski definition) is 3. The van der Waals surface area contributed by atoms with E-state index < -0.39 is 0 Å². The fourth-order valence-corrected chi connectivity index (χ4v) is 4.21. The molecule has 0 aromatic heterocycles. The highest BCUT2D eigenvalue weighted by Crippen LogP contribution is 2.33. The molecule has 0 aromatic carbocycles. The Labute approximate surface area is 113 Å². The highest BCUT2D eigenvalue weighted by Gasteiger charge is 2.42. The van der Waals surface area contributed by atoms with Crippen LogP contribution >= 0.6 is 11.8 Å². The van der Waals surface area contributed by atoms with Crippen molar-refractivity contribution in [2.45, 2.75) is 49.9 Å². The second-order valence-electron chi connectivity index (χ2n) is 5.00. The van der Waals surface area contributed by atoms with Crippen LogP contribution in [-0.4, -0.2) is 35.7 Å². The van der Waals surface area contributed by atoms with E-state index >= 15 is 0 Å². The van der Waals surface area contributed by atoms with Gasteiger partial charge in [0, 0.05) is 23.2 Å². The molecule has 2 saturated heterocycles. The summed E-state index contributed by atoms with van der Waals surface area (Å²) in [6.07, 6.45) is 4.64. The van der Waals surface area contributed by atoms with Crippen LogP contribution in [0.3, 0.4) is 0 Å². The van der Waals surface area contributed by atoms with Crippen LogP contribution in [0.2, 0.25) is 0 Å². The SMILES string of the molecule is C=C(CCCC[C@@H]1SC[C@@H]2NC(=O)N[C@@H]21)NCC. The van der Waals surface area contributed by atoms with Gasteiger partial charge in [-0.25, -0.2) is 4.79 Å². The fourth-order valence-electron chi connectivity index (χ4n) is 2.67. The fraction of sp³-hybridized carbons (Fsp3) is 0.769. The van der Waals surface area contributed by atoms with E-state index in [4.69, 9.17) is 0 Å². The summed E-state index contributed by atoms with van der Waals surface area (Å²) in [5, 5.41) is 9.85. The van der Waals surface area contributed by atoms with Gasteiger partial charge in [-0.2, -0.15) is 11.8 Å². The number of carbonyl (C=O) groups excluding carboxylic acids is 1. The van der Waals surface area contributed by atoms with Crippen LogP contribution in [0.1, 0.15) is 32.6 Å². The first-order chi connectivity index (χ1) is 8.70. The second kappa shape index (κ2) is 6.36. The van der Waals surface area contributed by atoms with Gasteiger partial charge in [-0.3, -0.25) is 0 Å². The molecule has 2 heterocycles. The predicted molar refractivity (Wildman–Crippen MR) is 76.8 cm³/mol. The summed E-state index contributed by atoms with van der Waals surface area (Å²) in [5.41, 5.74) is 1.14. The first-order valence-corrected chi connectivity index (χ1v) is 7.86. The molecule has 0 aliphatic carbocycles. The number of unbranched alkanes of at least 4 members (excludes halogenated alkanes) is 1. The second-order valence-corrected chi connectivity index (χ2v) is 6.27. The average molecular weight is 269 g/mol. The molecule has 3 N–H and O–H groups in total. The number of carbonyl (C=O) groups is 1. The maximum Gasteiger partial charge on any atom is 0.315 e. The van der Waals surface area contributed by atoms with Crippen molar-refractivity contribution in [3.63, 3.8) is 0 Å². The lowest BCUT2D eigenvalue weighted by atomic mass is 10.0. The van der Waals surface area contributed by atoms with Gasteiger partial charge in [0.2, 0.25) is 0 Å². The Balaban J connectivity index is 1.62. The average Bonchev–Trinajstić information content (AvgIpc) is 2.85. The minimum absolute atomic E-state index is 0.0100. The smallest absolute Gasteiger partial charge is 0.315 e. The lowest BCUT2D eigenvalue weighted by Gasteiger charge is -2.16. The molecule has 2 aliphatic rings. The van der Waals surface area contributed by atoms with Crippen molar-refractivity contribution in [1.82, 2.24) is 16.0 Å². The maximum atomic E-state index is 11.2. The zero-order chi connectivity index (χ0) is 13.0. The summed E-state index contributed by atoms with van der Waals surface area (Å²) in [5.74, 6) is 1.05. The Morgan fingerprint density at radius 2 is 2.33 bits per heavy atom. The van der Waals surface area contributed by atoms with Gasteiger partial charge in [-0.1, -0.05) is 13.0 Å². The lowest BCUT2D eigenvalue weighted by molar-refractivity contribution is 0.247. The van der Waals surface area contributed by atoms with Crippen molar-refractivity contribution < 1.29 is 4.79 Å². The highest BCUT2D eigenvalue weighted by molar-refractivity contribution is 8.00. The zero-order valence-corrected chi connectivity index (χ0v) is 11.8. The van der Waals surface area contributed by atoms with Crippen LogP contribution in [0.15, 0.2) is 12.3 Å². The van der Waals surface area contributed by atoms with Gasteiger partial charge in [0.25, 0.3) is 0 Å². The molecule has 0 saturated carbocycles. The van der Waals surface area contributed by atoms with Gasteiger partial charge in [-0.15, -0.1) is 0 Å². The van der Waals surface area contributed by atoms with Crippen LogP contribution in [-0.2, 0) is 0 Å². The van der Waals surface area contributed by atoms with E-state index in [0.717, 1.165) is 24.4 Å². The lowest BCUT2D eigenvalue weighted by Crippen LogP contribution is -2.36. The third kappa shape index (κ3) is 3.34. The molecule has 0 spiro atoms. The van der Waals surface area contributed by atoms with E-state index in [1.54, 1.807) is 0 Å². The topological polar surface area (TPSA) is 53.2 Å². The molecular formula is C13H23N3OS. The summed E-state index contributed by atoms with van der Waals surface area (Å²) in [4.78, 5) is 11.2. The van der Waals surface area contributed by atoms with Gasteiger partial charge >= 0.3 is 6.03 Å². The summed E-state index contributed by atoms with van der Waals surface area (Å²) in [7, 11) is 0. The van der Waals surface area contributed by atoms with Gasteiger partial charge in [-0.05, 0) is 26.2 Å². The standard InChI is InChI=1S/C13H23N3OS/c1-3-14-9(2)6-4-5-7-11-12-10(8-18-11)15-13(17)16-12/h10-12,14H,2-8H2,1H3,(H2,15,16,17)/t10-,11-,12-/m0/s1. The molecule has 5 heteroatoms. The predicted octanol–water partition coefficient (Wildman–Crippen LogP) is 1.84. The van der Waals surface area contributed by atoms with Gasteiger partial charge in [0.1, 0.15) is 0 Å². The summed E-state index contributed by atoms with van der Waals surface area (Å²) in [6, 6.07) is 0.708. The molecule has 0 radical (unpaired) electrons. The Morgan fingerprint density at radius 1 is 1.50 bits per heavy atom. The molecule has 18 heavy (non-hydrogen) atoms. The van der Waals surface area contributed by atoms with Crippen LogP contribution in [0.25, 0.3) is 0 Å². The largest absolute Gasteiger partial charge is 0.389 e. The molecule has 2 rings (SSSR count). The molecule has 0 unspecified atom stereocenters. The van der Waals surface area contributed by atoms with Crippen molar-refractivity contribution in [3.05, 3.63) is 12.3 Å². The van der Waals surface area contributed by atoms with Crippen LogP contribution in [0, 0.1) is 0 Å². The summed E-state index contributed by atoms with van der Waals surface area (Å²) < 4.78 is 0. The molecule has 2 amide bonds. The third-order valence-electron chi connectivity index (χ3n) is 3.58. The van der Waals surface area contributed by atoms with E-state index in [-0.39, 0.29) is 6.03 Å². The van der Waals surface area contributed by atoms with E-state index in [0.29, 0.717) is 17.3 Å². The van der Waals surface area contributed by atoms with Gasteiger partial charge in [0.05, 0.1) is 12.1 Å². The quantitative estimate of drug-likeness (QED) is 0.488. The van der Waals surface area contributed by atoms with Crippen molar-refractivity contribution in [1.29, 1.82) is 0 Å². The normalized spacial score (nSPS) is 29.6. The van der Waals surface area contributed by atoms with Gasteiger partial charge < -0.3 is 16.0 Å². The van der Waals surface area contributed by atoms with E-state index in [1.807, 2.05) is 11.8 Å². The number of hydrogen-bond donors (Lipinski definition) is 3. The Morgan fingerprint density at radius 3 is 3.11 bits per heavy atom. The van der Waals surface area contributed by atoms with E-state index in [9.17, 15) is 4.79 Å². The summed E-state index contributed by atoms with van der Waals surface area (Å²) in [6.45, 7) is 7.04. The van der Waals surface area contributed by atoms with Crippen LogP contribution < -0.4 is 16.0 Å². The molecule has 2 fully saturated rings. The first-order valence-electron chi connectivity index (χ1n) is 6.81. The first kappa shape index (κ1) is 13.6. The number of allylic oxidation sites excluding steroid dienone is 1. The number of fused-ring (bicyclic) bond motifs is 1. The molecule has 4 nitrogen and oxygen atoms in total. The molecular weight excluding hydrogens is 246 g/mol. The minimum Gasteiger partial charge on any atom is -0.389 e. The number of amides is 2. The number of nitrogens with one attached hydrogen (secondary N) is 3. The van der Waals surface area contributed by atoms with Crippen molar-refractivity contribution >= 4 is 17.8 Å². The molecule has 0 aromatic rings. The monoisotopic (exact) mass is 269 g/mol. The highest BCUT2D eigenvalue weighted by atomic mass is 32.2. The van der Waals surface area contributed by atoms with Crippen molar-refractivity contribution in [2.24, 2.45) is 0 Å². The molecule has 3 atom stereocenters. The Hall–Kier alpha value is -0.840. The minimum atomic E-state index is 0.0100. The number of urea groups is 1. The number of thioether (sulfide) groups is 1. The van der Waals surface area contributed by atoms with E-state index in [2.05, 4.69) is 29.5 Å². The summed E-state index contributed by atoms with van der Waals surface area (Å²) >= 11 is 1.99. The van der Waals surface area contributed by atoms with Crippen LogP contribution in [0.4, 0.5) is 4.79 Å². The number of rotatable bonds is 7. The Kier molecular flexibility index (Phi) is 4.80. The van der Waals surface area contributed by atoms with Gasteiger partial charge in [0.15, 0.2) is 0 Å². The third-order valence-corrected chi connectivity index (χ3v) is 5.09. The van der Waals surface area contributed by atoms with Crippen LogP contribution in [0.5, 0.6) is 0 Å². The maximum absolute atomic E-state index is 11.2. The van der Waals surface area contributed by atoms with Crippen molar-refractivity contribution in [2.75, 3.05) is 12.3 Å². The molecule has 2 aliphatic heterocycles. The zero-order valence-electron chi connectivity index (χ0n) is 11.0. The molecule has 102 valence electrons. The molecule has 0 bridgehead atoms. The Bertz CT molecular complexity index is 321.